The first-order valence-electron chi connectivity index (χ1n) is 7.29. The molecule has 1 aliphatic rings. The second kappa shape index (κ2) is 6.27. The largest absolute Gasteiger partial charge is 0.372 e. The number of benzene rings is 1. The number of halogens is 1. The van der Waals surface area contributed by atoms with Gasteiger partial charge in [0.25, 0.3) is 0 Å². The Balaban J connectivity index is 2.09. The monoisotopic (exact) mass is 324 g/mol. The first-order valence-corrected chi connectivity index (χ1v) is 8.09. The Bertz CT molecular complexity index is 429. The van der Waals surface area contributed by atoms with Crippen molar-refractivity contribution in [3.8, 4) is 0 Å². The Hall–Kier alpha value is -0.540. The summed E-state index contributed by atoms with van der Waals surface area (Å²) in [5.74, 6) is 0.886. The fraction of sp³-hybridized carbons (Fsp3) is 0.625. The van der Waals surface area contributed by atoms with Crippen LogP contribution in [0, 0.1) is 5.92 Å². The zero-order valence-electron chi connectivity index (χ0n) is 12.2. The lowest BCUT2D eigenvalue weighted by Crippen LogP contribution is -2.30. The summed E-state index contributed by atoms with van der Waals surface area (Å²) in [6.45, 7) is 4.46. The van der Waals surface area contributed by atoms with Gasteiger partial charge < -0.3 is 10.6 Å². The van der Waals surface area contributed by atoms with E-state index < -0.39 is 0 Å². The Labute approximate surface area is 125 Å². The number of hydrogen-bond acceptors (Lipinski definition) is 2. The van der Waals surface area contributed by atoms with E-state index in [1.54, 1.807) is 0 Å². The average Bonchev–Trinajstić information content (AvgIpc) is 3.23. The molecular weight excluding hydrogens is 300 g/mol. The molecule has 0 amide bonds. The van der Waals surface area contributed by atoms with E-state index in [0.29, 0.717) is 6.04 Å². The first-order chi connectivity index (χ1) is 9.02. The van der Waals surface area contributed by atoms with Crippen LogP contribution < -0.4 is 10.6 Å². The van der Waals surface area contributed by atoms with Gasteiger partial charge >= 0.3 is 0 Å². The van der Waals surface area contributed by atoms with Gasteiger partial charge in [0.05, 0.1) is 0 Å². The maximum atomic E-state index is 6.04. The smallest absolute Gasteiger partial charge is 0.0377 e. The Morgan fingerprint density at radius 3 is 2.63 bits per heavy atom. The van der Waals surface area contributed by atoms with Crippen molar-refractivity contribution in [2.24, 2.45) is 11.7 Å². The van der Waals surface area contributed by atoms with Crippen molar-refractivity contribution in [2.45, 2.75) is 51.6 Å². The van der Waals surface area contributed by atoms with E-state index in [4.69, 9.17) is 5.73 Å². The van der Waals surface area contributed by atoms with Gasteiger partial charge in [0.2, 0.25) is 0 Å². The first kappa shape index (κ1) is 14.9. The molecule has 0 saturated heterocycles. The minimum Gasteiger partial charge on any atom is -0.372 e. The zero-order chi connectivity index (χ0) is 14.0. The maximum absolute atomic E-state index is 6.04. The van der Waals surface area contributed by atoms with Gasteiger partial charge in [0, 0.05) is 29.3 Å². The molecule has 2 rings (SSSR count). The molecule has 0 aromatic heterocycles. The Kier molecular flexibility index (Phi) is 4.91. The molecule has 0 aliphatic heterocycles. The molecular formula is C16H25BrN2. The molecule has 1 aliphatic carbocycles. The second-order valence-corrected chi connectivity index (χ2v) is 6.69. The van der Waals surface area contributed by atoms with Gasteiger partial charge in [0.15, 0.2) is 0 Å². The van der Waals surface area contributed by atoms with E-state index in [0.717, 1.165) is 18.8 Å². The molecule has 1 fully saturated rings. The molecule has 19 heavy (non-hydrogen) atoms. The van der Waals surface area contributed by atoms with Gasteiger partial charge in [-0.05, 0) is 56.2 Å². The van der Waals surface area contributed by atoms with E-state index in [9.17, 15) is 0 Å². The topological polar surface area (TPSA) is 29.3 Å². The van der Waals surface area contributed by atoms with Crippen molar-refractivity contribution in [3.05, 3.63) is 28.2 Å². The van der Waals surface area contributed by atoms with Gasteiger partial charge in [-0.1, -0.05) is 28.9 Å². The van der Waals surface area contributed by atoms with Crippen LogP contribution in [0.1, 0.15) is 38.7 Å². The van der Waals surface area contributed by atoms with Crippen molar-refractivity contribution in [3.63, 3.8) is 0 Å². The third-order valence-electron chi connectivity index (χ3n) is 4.37. The van der Waals surface area contributed by atoms with Crippen LogP contribution in [0.5, 0.6) is 0 Å². The van der Waals surface area contributed by atoms with E-state index >= 15 is 0 Å². The molecule has 0 heterocycles. The minimum atomic E-state index is 0.255. The predicted octanol–water partition coefficient (Wildman–Crippen LogP) is 3.96. The van der Waals surface area contributed by atoms with Crippen LogP contribution in [0.2, 0.25) is 0 Å². The molecule has 0 radical (unpaired) electrons. The van der Waals surface area contributed by atoms with Crippen LogP contribution in [-0.4, -0.2) is 19.1 Å². The summed E-state index contributed by atoms with van der Waals surface area (Å²) in [6.07, 6.45) is 4.73. The number of nitrogens with two attached hydrogens (primary N) is 1. The maximum Gasteiger partial charge on any atom is 0.0377 e. The quantitative estimate of drug-likeness (QED) is 0.858. The molecule has 2 nitrogen and oxygen atoms in total. The van der Waals surface area contributed by atoms with Crippen molar-refractivity contribution < 1.29 is 0 Å². The summed E-state index contributed by atoms with van der Waals surface area (Å²) in [4.78, 5) is 2.39. The molecule has 2 N–H and O–H groups in total. The summed E-state index contributed by atoms with van der Waals surface area (Å²) >= 11 is 3.69. The predicted molar refractivity (Wildman–Crippen MR) is 86.7 cm³/mol. The summed E-state index contributed by atoms with van der Waals surface area (Å²) in [7, 11) is 2.20. The highest BCUT2D eigenvalue weighted by Crippen LogP contribution is 2.37. The van der Waals surface area contributed by atoms with Crippen LogP contribution >= 0.6 is 15.9 Å². The van der Waals surface area contributed by atoms with E-state index in [2.05, 4.69) is 59.9 Å². The third kappa shape index (κ3) is 3.73. The fourth-order valence-electron chi connectivity index (χ4n) is 2.48. The number of anilines is 1. The summed E-state index contributed by atoms with van der Waals surface area (Å²) < 4.78 is 1.18. The summed E-state index contributed by atoms with van der Waals surface area (Å²) in [5, 5.41) is 0. The standard InChI is InChI=1S/C16H25BrN2/c1-4-14(18)9-13-7-8-15(10-16(13)17)19(3)11(2)12-5-6-12/h7-8,10-12,14H,4-6,9,18H2,1-3H3. The average molecular weight is 325 g/mol. The van der Waals surface area contributed by atoms with Crippen LogP contribution in [0.25, 0.3) is 0 Å². The Morgan fingerprint density at radius 2 is 2.11 bits per heavy atom. The number of nitrogens with zero attached hydrogens (tertiary/aromatic N) is 1. The summed E-state index contributed by atoms with van der Waals surface area (Å²) in [6, 6.07) is 7.56. The Morgan fingerprint density at radius 1 is 1.42 bits per heavy atom. The molecule has 2 atom stereocenters. The van der Waals surface area contributed by atoms with Crippen molar-refractivity contribution >= 4 is 21.6 Å². The highest BCUT2D eigenvalue weighted by atomic mass is 79.9. The van der Waals surface area contributed by atoms with Crippen molar-refractivity contribution in [1.82, 2.24) is 0 Å². The van der Waals surface area contributed by atoms with Crippen LogP contribution in [0.4, 0.5) is 5.69 Å². The van der Waals surface area contributed by atoms with E-state index in [1.165, 1.54) is 28.6 Å². The molecule has 106 valence electrons. The van der Waals surface area contributed by atoms with Crippen LogP contribution in [-0.2, 0) is 6.42 Å². The third-order valence-corrected chi connectivity index (χ3v) is 5.10. The molecule has 0 spiro atoms. The SMILES string of the molecule is CCC(N)Cc1ccc(N(C)C(C)C2CC2)cc1Br. The van der Waals surface area contributed by atoms with Gasteiger partial charge in [-0.15, -0.1) is 0 Å². The van der Waals surface area contributed by atoms with Gasteiger partial charge in [-0.3, -0.25) is 0 Å². The van der Waals surface area contributed by atoms with Gasteiger partial charge in [-0.25, -0.2) is 0 Å². The lowest BCUT2D eigenvalue weighted by Gasteiger charge is -2.27. The highest BCUT2D eigenvalue weighted by Gasteiger charge is 2.30. The minimum absolute atomic E-state index is 0.255. The molecule has 3 heteroatoms. The second-order valence-electron chi connectivity index (χ2n) is 5.84. The molecule has 0 bridgehead atoms. The summed E-state index contributed by atoms with van der Waals surface area (Å²) in [5.41, 5.74) is 8.64. The fourth-order valence-corrected chi connectivity index (χ4v) is 3.01. The van der Waals surface area contributed by atoms with E-state index in [1.807, 2.05) is 0 Å². The van der Waals surface area contributed by atoms with Crippen LogP contribution in [0.15, 0.2) is 22.7 Å². The van der Waals surface area contributed by atoms with Crippen molar-refractivity contribution in [1.29, 1.82) is 0 Å². The van der Waals surface area contributed by atoms with Gasteiger partial charge in [-0.2, -0.15) is 0 Å². The normalized spacial score (nSPS) is 18.2. The number of hydrogen-bond donors (Lipinski definition) is 1. The zero-order valence-corrected chi connectivity index (χ0v) is 13.8. The van der Waals surface area contributed by atoms with E-state index in [-0.39, 0.29) is 6.04 Å². The van der Waals surface area contributed by atoms with Gasteiger partial charge in [0.1, 0.15) is 0 Å². The highest BCUT2D eigenvalue weighted by molar-refractivity contribution is 9.10. The lowest BCUT2D eigenvalue weighted by atomic mass is 10.0. The van der Waals surface area contributed by atoms with Crippen LogP contribution in [0.3, 0.4) is 0 Å². The molecule has 1 saturated carbocycles. The molecule has 1 aromatic carbocycles. The molecule has 2 unspecified atom stereocenters. The lowest BCUT2D eigenvalue weighted by molar-refractivity contribution is 0.608. The molecule has 1 aromatic rings. The number of rotatable bonds is 6. The van der Waals surface area contributed by atoms with Crippen molar-refractivity contribution in [2.75, 3.05) is 11.9 Å².